The fourth-order valence-electron chi connectivity index (χ4n) is 1.35. The molecule has 0 aliphatic heterocycles. The summed E-state index contributed by atoms with van der Waals surface area (Å²) < 4.78 is 5.76. The number of nitrogens with zero attached hydrogens (tertiary/aromatic N) is 1. The largest absolute Gasteiger partial charge is 0.485 e. The van der Waals surface area contributed by atoms with Crippen molar-refractivity contribution in [2.45, 2.75) is 17.4 Å². The summed E-state index contributed by atoms with van der Waals surface area (Å²) in [5.74, 6) is 1.36. The van der Waals surface area contributed by atoms with Crippen LogP contribution < -0.4 is 4.74 Å². The van der Waals surface area contributed by atoms with Gasteiger partial charge in [-0.2, -0.15) is 0 Å². The number of aromatic nitrogens is 1. The summed E-state index contributed by atoms with van der Waals surface area (Å²) in [6, 6.07) is 8.00. The van der Waals surface area contributed by atoms with Gasteiger partial charge in [-0.15, -0.1) is 34.7 Å². The first-order chi connectivity index (χ1) is 8.33. The molecule has 0 atom stereocenters. The van der Waals surface area contributed by atoms with E-state index >= 15 is 0 Å². The van der Waals surface area contributed by atoms with Crippen molar-refractivity contribution < 1.29 is 4.74 Å². The predicted molar refractivity (Wildman–Crippen MR) is 74.2 cm³/mol. The van der Waals surface area contributed by atoms with E-state index in [-0.39, 0.29) is 0 Å². The van der Waals surface area contributed by atoms with Gasteiger partial charge in [0.2, 0.25) is 0 Å². The van der Waals surface area contributed by atoms with E-state index in [0.717, 1.165) is 21.3 Å². The Morgan fingerprint density at radius 1 is 1.41 bits per heavy atom. The van der Waals surface area contributed by atoms with Crippen LogP contribution in [0.15, 0.2) is 34.5 Å². The maximum absolute atomic E-state index is 5.76. The second-order valence-electron chi connectivity index (χ2n) is 3.31. The van der Waals surface area contributed by atoms with Crippen LogP contribution in [-0.4, -0.2) is 11.2 Å². The molecule has 0 aliphatic rings. The standard InChI is InChI=1S/C12H12ClNOS2/c1-16-11-5-3-2-4-10(11)15-7-12-14-9(6-13)8-17-12/h2-5,8H,6-7H2,1H3. The summed E-state index contributed by atoms with van der Waals surface area (Å²) in [7, 11) is 0. The van der Waals surface area contributed by atoms with E-state index in [0.29, 0.717) is 12.5 Å². The minimum Gasteiger partial charge on any atom is -0.485 e. The Morgan fingerprint density at radius 3 is 2.94 bits per heavy atom. The van der Waals surface area contributed by atoms with Crippen LogP contribution in [0.3, 0.4) is 0 Å². The lowest BCUT2D eigenvalue weighted by Crippen LogP contribution is -1.96. The Hall–Kier alpha value is -0.710. The van der Waals surface area contributed by atoms with Gasteiger partial charge in [-0.05, 0) is 18.4 Å². The molecule has 0 fully saturated rings. The Morgan fingerprint density at radius 2 is 2.24 bits per heavy atom. The van der Waals surface area contributed by atoms with E-state index in [1.807, 2.05) is 35.9 Å². The highest BCUT2D eigenvalue weighted by atomic mass is 35.5. The third kappa shape index (κ3) is 3.37. The number of hydrogen-bond donors (Lipinski definition) is 0. The molecule has 0 N–H and O–H groups in total. The zero-order chi connectivity index (χ0) is 12.1. The first-order valence-corrected chi connectivity index (χ1v) is 7.72. The smallest absolute Gasteiger partial charge is 0.140 e. The maximum atomic E-state index is 5.76. The molecule has 1 aromatic heterocycles. The number of alkyl halides is 1. The lowest BCUT2D eigenvalue weighted by atomic mass is 10.3. The Balaban J connectivity index is 2.01. The van der Waals surface area contributed by atoms with Crippen molar-refractivity contribution in [2.24, 2.45) is 0 Å². The number of hydrogen-bond acceptors (Lipinski definition) is 4. The van der Waals surface area contributed by atoms with Crippen molar-refractivity contribution in [1.29, 1.82) is 0 Å². The van der Waals surface area contributed by atoms with Crippen LogP contribution in [0.4, 0.5) is 0 Å². The lowest BCUT2D eigenvalue weighted by molar-refractivity contribution is 0.298. The fraction of sp³-hybridized carbons (Fsp3) is 0.250. The van der Waals surface area contributed by atoms with Gasteiger partial charge in [0.1, 0.15) is 17.4 Å². The van der Waals surface area contributed by atoms with Gasteiger partial charge in [-0.25, -0.2) is 4.98 Å². The number of thiazole rings is 1. The number of rotatable bonds is 5. The normalized spacial score (nSPS) is 10.5. The third-order valence-corrected chi connectivity index (χ3v) is 4.08. The second kappa shape index (κ2) is 6.28. The molecule has 1 heterocycles. The number of thioether (sulfide) groups is 1. The van der Waals surface area contributed by atoms with Gasteiger partial charge in [0.05, 0.1) is 11.6 Å². The Labute approximate surface area is 114 Å². The fourth-order valence-corrected chi connectivity index (χ4v) is 2.83. The first-order valence-electron chi connectivity index (χ1n) is 5.08. The highest BCUT2D eigenvalue weighted by molar-refractivity contribution is 7.98. The highest BCUT2D eigenvalue weighted by Gasteiger charge is 2.04. The van der Waals surface area contributed by atoms with Crippen molar-refractivity contribution >= 4 is 34.7 Å². The van der Waals surface area contributed by atoms with Crippen LogP contribution in [0.25, 0.3) is 0 Å². The molecule has 0 amide bonds. The molecular weight excluding hydrogens is 274 g/mol. The van der Waals surface area contributed by atoms with Crippen molar-refractivity contribution in [3.8, 4) is 5.75 Å². The molecule has 0 radical (unpaired) electrons. The zero-order valence-electron chi connectivity index (χ0n) is 9.35. The zero-order valence-corrected chi connectivity index (χ0v) is 11.7. The average Bonchev–Trinajstić information content (AvgIpc) is 2.84. The molecule has 90 valence electrons. The molecule has 0 spiro atoms. The highest BCUT2D eigenvalue weighted by Crippen LogP contribution is 2.27. The summed E-state index contributed by atoms with van der Waals surface area (Å²) in [4.78, 5) is 5.49. The SMILES string of the molecule is CSc1ccccc1OCc1nc(CCl)cs1. The molecule has 0 aliphatic carbocycles. The quantitative estimate of drug-likeness (QED) is 0.608. The van der Waals surface area contributed by atoms with Crippen LogP contribution in [0.5, 0.6) is 5.75 Å². The van der Waals surface area contributed by atoms with Gasteiger partial charge in [0, 0.05) is 10.3 Å². The van der Waals surface area contributed by atoms with E-state index in [4.69, 9.17) is 16.3 Å². The number of benzene rings is 1. The van der Waals surface area contributed by atoms with Crippen LogP contribution in [0.2, 0.25) is 0 Å². The van der Waals surface area contributed by atoms with Crippen LogP contribution in [0.1, 0.15) is 10.7 Å². The molecule has 17 heavy (non-hydrogen) atoms. The average molecular weight is 286 g/mol. The molecule has 5 heteroatoms. The Kier molecular flexibility index (Phi) is 4.71. The van der Waals surface area contributed by atoms with Gasteiger partial charge >= 0.3 is 0 Å². The molecule has 2 rings (SSSR count). The summed E-state index contributed by atoms with van der Waals surface area (Å²) >= 11 is 8.96. The van der Waals surface area contributed by atoms with E-state index in [9.17, 15) is 0 Å². The van der Waals surface area contributed by atoms with Crippen molar-refractivity contribution in [1.82, 2.24) is 4.98 Å². The first kappa shape index (κ1) is 12.7. The van der Waals surface area contributed by atoms with Gasteiger partial charge < -0.3 is 4.74 Å². The summed E-state index contributed by atoms with van der Waals surface area (Å²) in [5, 5.41) is 2.92. The summed E-state index contributed by atoms with van der Waals surface area (Å²) in [6.45, 7) is 0.499. The van der Waals surface area contributed by atoms with Gasteiger partial charge in [-0.1, -0.05) is 12.1 Å². The van der Waals surface area contributed by atoms with Crippen molar-refractivity contribution in [2.75, 3.05) is 6.26 Å². The van der Waals surface area contributed by atoms with Crippen LogP contribution in [-0.2, 0) is 12.5 Å². The maximum Gasteiger partial charge on any atom is 0.140 e. The minimum atomic E-state index is 0.456. The van der Waals surface area contributed by atoms with Gasteiger partial charge in [0.25, 0.3) is 0 Å². The summed E-state index contributed by atoms with van der Waals surface area (Å²) in [5.41, 5.74) is 0.911. The molecule has 1 aromatic carbocycles. The molecule has 0 saturated heterocycles. The Bertz CT molecular complexity index is 487. The predicted octanol–water partition coefficient (Wildman–Crippen LogP) is 4.18. The molecule has 2 nitrogen and oxygen atoms in total. The monoisotopic (exact) mass is 285 g/mol. The number of para-hydroxylation sites is 1. The van der Waals surface area contributed by atoms with Crippen LogP contribution in [0, 0.1) is 0 Å². The third-order valence-electron chi connectivity index (χ3n) is 2.16. The van der Waals surface area contributed by atoms with Gasteiger partial charge in [-0.3, -0.25) is 0 Å². The minimum absolute atomic E-state index is 0.456. The number of ether oxygens (including phenoxy) is 1. The second-order valence-corrected chi connectivity index (χ2v) is 5.36. The topological polar surface area (TPSA) is 22.1 Å². The molecular formula is C12H12ClNOS2. The van der Waals surface area contributed by atoms with Gasteiger partial charge in [0.15, 0.2) is 0 Å². The molecule has 0 saturated carbocycles. The lowest BCUT2D eigenvalue weighted by Gasteiger charge is -2.07. The van der Waals surface area contributed by atoms with Crippen molar-refractivity contribution in [3.63, 3.8) is 0 Å². The van der Waals surface area contributed by atoms with E-state index in [1.165, 1.54) is 0 Å². The molecule has 0 unspecified atom stereocenters. The molecule has 2 aromatic rings. The van der Waals surface area contributed by atoms with E-state index in [2.05, 4.69) is 4.98 Å². The number of halogens is 1. The van der Waals surface area contributed by atoms with Crippen molar-refractivity contribution in [3.05, 3.63) is 40.3 Å². The van der Waals surface area contributed by atoms with E-state index in [1.54, 1.807) is 23.1 Å². The van der Waals surface area contributed by atoms with E-state index < -0.39 is 0 Å². The molecule has 0 bridgehead atoms. The van der Waals surface area contributed by atoms with Crippen LogP contribution >= 0.6 is 34.7 Å². The summed E-state index contributed by atoms with van der Waals surface area (Å²) in [6.07, 6.45) is 2.04.